The van der Waals surface area contributed by atoms with Crippen molar-refractivity contribution in [2.75, 3.05) is 38.2 Å². The van der Waals surface area contributed by atoms with Gasteiger partial charge in [0.25, 0.3) is 0 Å². The topological polar surface area (TPSA) is 79.0 Å². The van der Waals surface area contributed by atoms with Crippen LogP contribution in [0.4, 0.5) is 5.82 Å². The first kappa shape index (κ1) is 15.8. The smallest absolute Gasteiger partial charge is 0.183 e. The zero-order chi connectivity index (χ0) is 16.4. The fraction of sp³-hybridized carbons (Fsp3) is 0.706. The number of aryl methyl sites for hydroxylation is 1. The van der Waals surface area contributed by atoms with Gasteiger partial charge in [-0.25, -0.2) is 15.0 Å². The number of morpholine rings is 1. The van der Waals surface area contributed by atoms with Gasteiger partial charge in [-0.05, 0) is 19.8 Å². The summed E-state index contributed by atoms with van der Waals surface area (Å²) in [7, 11) is 0. The Morgan fingerprint density at radius 3 is 2.79 bits per heavy atom. The van der Waals surface area contributed by atoms with Crippen LogP contribution < -0.4 is 5.32 Å². The molecule has 7 nitrogen and oxygen atoms in total. The highest BCUT2D eigenvalue weighted by atomic mass is 16.5. The highest BCUT2D eigenvalue weighted by Gasteiger charge is 2.38. The maximum Gasteiger partial charge on any atom is 0.183 e. The van der Waals surface area contributed by atoms with Crippen LogP contribution >= 0.6 is 0 Å². The largest absolute Gasteiger partial charge is 0.379 e. The standard InChI is InChI=1S/C17H26N6O/c1-13-21-14-15(19-12-20-16(14)22-13)18-11-17(5-3-2-4-6-17)23-7-9-24-10-8-23/h12H,2-11H2,1H3,(H2,18,19,20,21,22). The number of imidazole rings is 1. The lowest BCUT2D eigenvalue weighted by molar-refractivity contribution is -0.0318. The minimum atomic E-state index is 0.217. The van der Waals surface area contributed by atoms with E-state index in [1.165, 1.54) is 32.1 Å². The molecule has 3 heterocycles. The van der Waals surface area contributed by atoms with Crippen molar-refractivity contribution in [3.63, 3.8) is 0 Å². The first-order valence-corrected chi connectivity index (χ1v) is 9.01. The van der Waals surface area contributed by atoms with Gasteiger partial charge in [-0.3, -0.25) is 4.90 Å². The number of aromatic nitrogens is 4. The number of nitrogens with zero attached hydrogens (tertiary/aromatic N) is 4. The van der Waals surface area contributed by atoms with E-state index in [4.69, 9.17) is 4.74 Å². The number of anilines is 1. The molecule has 2 aromatic heterocycles. The van der Waals surface area contributed by atoms with Gasteiger partial charge in [0.05, 0.1) is 13.2 Å². The van der Waals surface area contributed by atoms with Crippen molar-refractivity contribution in [2.24, 2.45) is 0 Å². The monoisotopic (exact) mass is 330 g/mol. The molecule has 0 atom stereocenters. The third kappa shape index (κ3) is 2.98. The summed E-state index contributed by atoms with van der Waals surface area (Å²) < 4.78 is 5.56. The van der Waals surface area contributed by atoms with E-state index in [1.54, 1.807) is 6.33 Å². The second-order valence-corrected chi connectivity index (χ2v) is 6.98. The van der Waals surface area contributed by atoms with Gasteiger partial charge in [0.15, 0.2) is 11.5 Å². The normalized spacial score (nSPS) is 21.9. The van der Waals surface area contributed by atoms with Gasteiger partial charge in [-0.15, -0.1) is 0 Å². The molecule has 4 rings (SSSR count). The first-order chi connectivity index (χ1) is 11.8. The molecule has 0 aromatic carbocycles. The minimum absolute atomic E-state index is 0.217. The minimum Gasteiger partial charge on any atom is -0.379 e. The number of hydrogen-bond acceptors (Lipinski definition) is 6. The van der Waals surface area contributed by atoms with Gasteiger partial charge in [0.1, 0.15) is 17.7 Å². The summed E-state index contributed by atoms with van der Waals surface area (Å²) >= 11 is 0. The molecule has 0 unspecified atom stereocenters. The van der Waals surface area contributed by atoms with Crippen LogP contribution in [-0.2, 0) is 4.74 Å². The van der Waals surface area contributed by atoms with Crippen molar-refractivity contribution in [2.45, 2.75) is 44.6 Å². The van der Waals surface area contributed by atoms with Gasteiger partial charge in [0.2, 0.25) is 0 Å². The first-order valence-electron chi connectivity index (χ1n) is 9.01. The van der Waals surface area contributed by atoms with Gasteiger partial charge in [0, 0.05) is 25.2 Å². The third-order valence-corrected chi connectivity index (χ3v) is 5.46. The number of nitrogens with one attached hydrogen (secondary N) is 2. The van der Waals surface area contributed by atoms with Crippen LogP contribution in [-0.4, -0.2) is 63.2 Å². The maximum atomic E-state index is 5.56. The molecular weight excluding hydrogens is 304 g/mol. The van der Waals surface area contributed by atoms with E-state index in [1.807, 2.05) is 6.92 Å². The Morgan fingerprint density at radius 2 is 2.00 bits per heavy atom. The third-order valence-electron chi connectivity index (χ3n) is 5.46. The molecule has 2 aromatic rings. The molecule has 130 valence electrons. The number of aromatic amines is 1. The van der Waals surface area contributed by atoms with Crippen LogP contribution in [0.2, 0.25) is 0 Å². The summed E-state index contributed by atoms with van der Waals surface area (Å²) in [5.41, 5.74) is 1.85. The molecule has 2 fully saturated rings. The van der Waals surface area contributed by atoms with Crippen molar-refractivity contribution in [3.8, 4) is 0 Å². The van der Waals surface area contributed by atoms with Crippen LogP contribution in [0.15, 0.2) is 6.33 Å². The molecule has 1 aliphatic carbocycles. The Kier molecular flexibility index (Phi) is 4.37. The molecule has 1 saturated carbocycles. The molecule has 24 heavy (non-hydrogen) atoms. The van der Waals surface area contributed by atoms with Crippen molar-refractivity contribution in [1.29, 1.82) is 0 Å². The highest BCUT2D eigenvalue weighted by molar-refractivity contribution is 5.82. The average Bonchev–Trinajstić information content (AvgIpc) is 3.02. The van der Waals surface area contributed by atoms with E-state index in [2.05, 4.69) is 30.2 Å². The summed E-state index contributed by atoms with van der Waals surface area (Å²) in [5, 5.41) is 3.60. The molecular formula is C17H26N6O. The van der Waals surface area contributed by atoms with Gasteiger partial charge >= 0.3 is 0 Å². The average molecular weight is 330 g/mol. The molecule has 0 bridgehead atoms. The Morgan fingerprint density at radius 1 is 1.21 bits per heavy atom. The molecule has 0 radical (unpaired) electrons. The molecule has 1 aliphatic heterocycles. The van der Waals surface area contributed by atoms with Gasteiger partial charge < -0.3 is 15.0 Å². The summed E-state index contributed by atoms with van der Waals surface area (Å²) in [6.45, 7) is 6.62. The van der Waals surface area contributed by atoms with E-state index in [0.29, 0.717) is 0 Å². The van der Waals surface area contributed by atoms with Crippen LogP contribution in [0.25, 0.3) is 11.2 Å². The van der Waals surface area contributed by atoms with Gasteiger partial charge in [-0.2, -0.15) is 0 Å². The maximum absolute atomic E-state index is 5.56. The van der Waals surface area contributed by atoms with Crippen molar-refractivity contribution in [3.05, 3.63) is 12.2 Å². The van der Waals surface area contributed by atoms with E-state index >= 15 is 0 Å². The van der Waals surface area contributed by atoms with Gasteiger partial charge in [-0.1, -0.05) is 19.3 Å². The Bertz CT molecular complexity index is 687. The molecule has 2 aliphatic rings. The molecule has 0 spiro atoms. The van der Waals surface area contributed by atoms with E-state index < -0.39 is 0 Å². The SMILES string of the molecule is Cc1nc2ncnc(NCC3(N4CCOCC4)CCCCC3)c2[nH]1. The molecule has 0 amide bonds. The van der Waals surface area contributed by atoms with Crippen molar-refractivity contribution in [1.82, 2.24) is 24.8 Å². The number of hydrogen-bond donors (Lipinski definition) is 2. The summed E-state index contributed by atoms with van der Waals surface area (Å²) in [6.07, 6.45) is 8.05. The highest BCUT2D eigenvalue weighted by Crippen LogP contribution is 2.34. The van der Waals surface area contributed by atoms with Crippen LogP contribution in [0.3, 0.4) is 0 Å². The lowest BCUT2D eigenvalue weighted by Crippen LogP contribution is -2.58. The second-order valence-electron chi connectivity index (χ2n) is 6.98. The lowest BCUT2D eigenvalue weighted by atomic mass is 9.79. The number of rotatable bonds is 4. The zero-order valence-corrected chi connectivity index (χ0v) is 14.3. The quantitative estimate of drug-likeness (QED) is 0.894. The second kappa shape index (κ2) is 6.64. The van der Waals surface area contributed by atoms with Crippen molar-refractivity contribution >= 4 is 17.0 Å². The number of H-pyrrole nitrogens is 1. The van der Waals surface area contributed by atoms with E-state index in [0.717, 1.165) is 55.7 Å². The Hall–Kier alpha value is -1.73. The number of ether oxygens (including phenoxy) is 1. The predicted octanol–water partition coefficient (Wildman–Crippen LogP) is 2.11. The summed E-state index contributed by atoms with van der Waals surface area (Å²) in [6, 6.07) is 0. The van der Waals surface area contributed by atoms with Crippen molar-refractivity contribution < 1.29 is 4.74 Å². The predicted molar refractivity (Wildman–Crippen MR) is 93.1 cm³/mol. The summed E-state index contributed by atoms with van der Waals surface area (Å²) in [5.74, 6) is 1.73. The number of fused-ring (bicyclic) bond motifs is 1. The lowest BCUT2D eigenvalue weighted by Gasteiger charge is -2.48. The Labute approximate surface area is 142 Å². The van der Waals surface area contributed by atoms with Crippen LogP contribution in [0, 0.1) is 6.92 Å². The van der Waals surface area contributed by atoms with Crippen LogP contribution in [0.1, 0.15) is 37.9 Å². The van der Waals surface area contributed by atoms with E-state index in [-0.39, 0.29) is 5.54 Å². The van der Waals surface area contributed by atoms with Crippen LogP contribution in [0.5, 0.6) is 0 Å². The van der Waals surface area contributed by atoms with E-state index in [9.17, 15) is 0 Å². The molecule has 2 N–H and O–H groups in total. The fourth-order valence-corrected chi connectivity index (χ4v) is 4.18. The summed E-state index contributed by atoms with van der Waals surface area (Å²) in [4.78, 5) is 19.0. The zero-order valence-electron chi connectivity index (χ0n) is 14.3. The Balaban J connectivity index is 1.56. The fourth-order valence-electron chi connectivity index (χ4n) is 4.18. The molecule has 1 saturated heterocycles. The molecule has 7 heteroatoms.